The first-order valence-electron chi connectivity index (χ1n) is 6.21. The van der Waals surface area contributed by atoms with E-state index in [1.54, 1.807) is 6.07 Å². The van der Waals surface area contributed by atoms with E-state index >= 15 is 0 Å². The van der Waals surface area contributed by atoms with Crippen molar-refractivity contribution in [2.45, 2.75) is 32.6 Å². The van der Waals surface area contributed by atoms with Gasteiger partial charge in [0.2, 0.25) is 0 Å². The van der Waals surface area contributed by atoms with Crippen molar-refractivity contribution >= 4 is 17.6 Å². The van der Waals surface area contributed by atoms with Crippen molar-refractivity contribution in [3.05, 3.63) is 28.5 Å². The summed E-state index contributed by atoms with van der Waals surface area (Å²) in [6.45, 7) is 6.24. The molecule has 0 unspecified atom stereocenters. The van der Waals surface area contributed by atoms with Crippen LogP contribution in [0.3, 0.4) is 0 Å². The first kappa shape index (κ1) is 14.2. The highest BCUT2D eigenvalue weighted by Gasteiger charge is 2.22. The summed E-state index contributed by atoms with van der Waals surface area (Å²) in [4.78, 5) is 17.4. The van der Waals surface area contributed by atoms with Gasteiger partial charge in [-0.3, -0.25) is 4.90 Å². The van der Waals surface area contributed by atoms with Gasteiger partial charge in [-0.05, 0) is 26.0 Å². The maximum Gasteiger partial charge on any atom is 0.335 e. The number of nitrogens with zero attached hydrogens (tertiary/aromatic N) is 2. The molecule has 0 bridgehead atoms. The minimum Gasteiger partial charge on any atom is -0.478 e. The molecule has 5 nitrogen and oxygen atoms in total. The van der Waals surface area contributed by atoms with E-state index in [9.17, 15) is 4.79 Å². The quantitative estimate of drug-likeness (QED) is 0.861. The molecular formula is C13H17ClN2O3. The molecule has 1 fully saturated rings. The standard InChI is InChI=1S/C13H17ClN2O3/c1-8-5-16(6-9(2)19-8)7-11-3-10(13(17)18)4-12(14)15-11/h3-4,8-9H,5-7H2,1-2H3,(H,17,18)/t8-,9+. The molecule has 2 rings (SSSR count). The number of carboxylic acid groups (broad SMARTS) is 1. The van der Waals surface area contributed by atoms with Gasteiger partial charge in [0.05, 0.1) is 23.5 Å². The maximum absolute atomic E-state index is 11.0. The van der Waals surface area contributed by atoms with E-state index in [1.807, 2.05) is 13.8 Å². The van der Waals surface area contributed by atoms with Gasteiger partial charge in [-0.1, -0.05) is 11.6 Å². The molecule has 2 heterocycles. The fourth-order valence-electron chi connectivity index (χ4n) is 2.40. The number of pyridine rings is 1. The first-order chi connectivity index (χ1) is 8.94. The lowest BCUT2D eigenvalue weighted by atomic mass is 10.2. The largest absolute Gasteiger partial charge is 0.478 e. The highest BCUT2D eigenvalue weighted by atomic mass is 35.5. The predicted octanol–water partition coefficient (Wildman–Crippen LogP) is 2.04. The average Bonchev–Trinajstić information content (AvgIpc) is 2.26. The molecule has 1 aromatic rings. The van der Waals surface area contributed by atoms with Gasteiger partial charge in [-0.2, -0.15) is 0 Å². The molecule has 1 aromatic heterocycles. The lowest BCUT2D eigenvalue weighted by Gasteiger charge is -2.35. The van der Waals surface area contributed by atoms with Crippen molar-refractivity contribution in [2.24, 2.45) is 0 Å². The molecule has 104 valence electrons. The van der Waals surface area contributed by atoms with Crippen LogP contribution in [0.1, 0.15) is 29.9 Å². The zero-order valence-electron chi connectivity index (χ0n) is 11.0. The number of halogens is 1. The number of aromatic carboxylic acids is 1. The summed E-state index contributed by atoms with van der Waals surface area (Å²) in [5.74, 6) is -0.991. The summed E-state index contributed by atoms with van der Waals surface area (Å²) >= 11 is 5.85. The van der Waals surface area contributed by atoms with E-state index in [0.717, 1.165) is 13.1 Å². The van der Waals surface area contributed by atoms with Gasteiger partial charge in [-0.15, -0.1) is 0 Å². The van der Waals surface area contributed by atoms with Crippen LogP contribution in [0.25, 0.3) is 0 Å². The second-order valence-corrected chi connectivity index (χ2v) is 5.31. The van der Waals surface area contributed by atoms with Crippen molar-refractivity contribution in [1.82, 2.24) is 9.88 Å². The molecule has 0 aliphatic carbocycles. The van der Waals surface area contributed by atoms with Gasteiger partial charge in [0.15, 0.2) is 0 Å². The van der Waals surface area contributed by atoms with Crippen LogP contribution in [-0.4, -0.2) is 46.3 Å². The average molecular weight is 285 g/mol. The third-order valence-corrected chi connectivity index (χ3v) is 3.17. The number of morpholine rings is 1. The van der Waals surface area contributed by atoms with Gasteiger partial charge in [0.25, 0.3) is 0 Å². The molecular weight excluding hydrogens is 268 g/mol. The van der Waals surface area contributed by atoms with Crippen LogP contribution in [0.2, 0.25) is 5.15 Å². The molecule has 0 aromatic carbocycles. The molecule has 19 heavy (non-hydrogen) atoms. The van der Waals surface area contributed by atoms with Crippen molar-refractivity contribution in [1.29, 1.82) is 0 Å². The van der Waals surface area contributed by atoms with Gasteiger partial charge in [-0.25, -0.2) is 9.78 Å². The molecule has 0 radical (unpaired) electrons. The summed E-state index contributed by atoms with van der Waals surface area (Å²) < 4.78 is 5.66. The Morgan fingerprint density at radius 2 is 2.11 bits per heavy atom. The Hall–Kier alpha value is -1.17. The topological polar surface area (TPSA) is 62.7 Å². The molecule has 1 aliphatic rings. The SMILES string of the molecule is C[C@@H]1CN(Cc2cc(C(=O)O)cc(Cl)n2)C[C@H](C)O1. The van der Waals surface area contributed by atoms with E-state index in [2.05, 4.69) is 9.88 Å². The Morgan fingerprint density at radius 3 is 2.68 bits per heavy atom. The van der Waals surface area contributed by atoms with E-state index in [1.165, 1.54) is 6.07 Å². The molecule has 6 heteroatoms. The van der Waals surface area contributed by atoms with Gasteiger partial charge in [0.1, 0.15) is 5.15 Å². The van der Waals surface area contributed by atoms with Crippen LogP contribution in [0.5, 0.6) is 0 Å². The Kier molecular flexibility index (Phi) is 4.39. The van der Waals surface area contributed by atoms with Crippen LogP contribution in [0.4, 0.5) is 0 Å². The van der Waals surface area contributed by atoms with Gasteiger partial charge >= 0.3 is 5.97 Å². The van der Waals surface area contributed by atoms with Crippen LogP contribution < -0.4 is 0 Å². The number of hydrogen-bond acceptors (Lipinski definition) is 4. The minimum absolute atomic E-state index is 0.168. The molecule has 1 aliphatic heterocycles. The smallest absolute Gasteiger partial charge is 0.335 e. The lowest BCUT2D eigenvalue weighted by Crippen LogP contribution is -2.44. The Bertz CT molecular complexity index is 471. The monoisotopic (exact) mass is 284 g/mol. The van der Waals surface area contributed by atoms with Crippen molar-refractivity contribution in [3.8, 4) is 0 Å². The molecule has 0 spiro atoms. The number of hydrogen-bond donors (Lipinski definition) is 1. The third kappa shape index (κ3) is 3.89. The molecule has 1 saturated heterocycles. The minimum atomic E-state index is -0.991. The summed E-state index contributed by atoms with van der Waals surface area (Å²) in [7, 11) is 0. The summed E-state index contributed by atoms with van der Waals surface area (Å²) in [5.41, 5.74) is 0.843. The summed E-state index contributed by atoms with van der Waals surface area (Å²) in [6.07, 6.45) is 0.337. The predicted molar refractivity (Wildman–Crippen MR) is 71.5 cm³/mol. The van der Waals surface area contributed by atoms with E-state index in [-0.39, 0.29) is 22.9 Å². The Labute approximate surface area is 117 Å². The number of aromatic nitrogens is 1. The van der Waals surface area contributed by atoms with E-state index in [0.29, 0.717) is 12.2 Å². The van der Waals surface area contributed by atoms with Gasteiger partial charge < -0.3 is 9.84 Å². The molecule has 1 N–H and O–H groups in total. The third-order valence-electron chi connectivity index (χ3n) is 2.97. The van der Waals surface area contributed by atoms with Crippen LogP contribution in [0.15, 0.2) is 12.1 Å². The summed E-state index contributed by atoms with van der Waals surface area (Å²) in [5, 5.41) is 9.22. The highest BCUT2D eigenvalue weighted by Crippen LogP contribution is 2.16. The van der Waals surface area contributed by atoms with Crippen molar-refractivity contribution in [2.75, 3.05) is 13.1 Å². The fourth-order valence-corrected chi connectivity index (χ4v) is 2.62. The van der Waals surface area contributed by atoms with E-state index in [4.69, 9.17) is 21.4 Å². The second kappa shape index (κ2) is 5.86. The molecule has 2 atom stereocenters. The first-order valence-corrected chi connectivity index (χ1v) is 6.59. The maximum atomic E-state index is 11.0. The summed E-state index contributed by atoms with van der Waals surface area (Å²) in [6, 6.07) is 2.93. The van der Waals surface area contributed by atoms with Crippen LogP contribution in [0, 0.1) is 0 Å². The number of rotatable bonds is 3. The zero-order valence-corrected chi connectivity index (χ0v) is 11.7. The van der Waals surface area contributed by atoms with Crippen molar-refractivity contribution < 1.29 is 14.6 Å². The Balaban J connectivity index is 2.12. The van der Waals surface area contributed by atoms with Crippen LogP contribution in [-0.2, 0) is 11.3 Å². The van der Waals surface area contributed by atoms with Crippen LogP contribution >= 0.6 is 11.6 Å². The fraction of sp³-hybridized carbons (Fsp3) is 0.538. The van der Waals surface area contributed by atoms with Crippen molar-refractivity contribution in [3.63, 3.8) is 0 Å². The highest BCUT2D eigenvalue weighted by molar-refractivity contribution is 6.29. The Morgan fingerprint density at radius 1 is 1.47 bits per heavy atom. The number of carboxylic acids is 1. The molecule has 0 amide bonds. The number of carbonyl (C=O) groups is 1. The number of ether oxygens (including phenoxy) is 1. The van der Waals surface area contributed by atoms with E-state index < -0.39 is 5.97 Å². The second-order valence-electron chi connectivity index (χ2n) is 4.93. The zero-order chi connectivity index (χ0) is 14.0. The normalized spacial score (nSPS) is 24.4. The van der Waals surface area contributed by atoms with Gasteiger partial charge in [0, 0.05) is 19.6 Å². The lowest BCUT2D eigenvalue weighted by molar-refractivity contribution is -0.0707. The molecule has 0 saturated carbocycles.